The number of nitrogens with one attached hydrogen (secondary N) is 1. The Bertz CT molecular complexity index is 537. The number of carbonyl (C=O) groups excluding carboxylic acids is 1. The number of terminal acetylenes is 1. The topological polar surface area (TPSA) is 69.6 Å². The van der Waals surface area contributed by atoms with Crippen LogP contribution in [0.25, 0.3) is 0 Å². The van der Waals surface area contributed by atoms with E-state index in [1.807, 2.05) is 0 Å². The molecule has 1 aromatic rings. The Hall–Kier alpha value is -2.55. The molecule has 0 aromatic heterocycles. The summed E-state index contributed by atoms with van der Waals surface area (Å²) >= 11 is 0. The van der Waals surface area contributed by atoms with Crippen molar-refractivity contribution in [2.75, 3.05) is 18.4 Å². The monoisotopic (exact) mass is 264 g/mol. The standard InChI is InChI=1S/C13H13FN2O3/c1-3-7-16(4-2)13(19)15-11-8-9(12(17)18)5-6-10(11)14/h1,5-6,8H,4,7H2,2H3,(H,15,19)(H,17,18). The number of carboxylic acid groups (broad SMARTS) is 1. The van der Waals surface area contributed by atoms with Gasteiger partial charge in [0.05, 0.1) is 17.8 Å². The van der Waals surface area contributed by atoms with Crippen LogP contribution in [0.5, 0.6) is 0 Å². The molecule has 6 heteroatoms. The lowest BCUT2D eigenvalue weighted by Crippen LogP contribution is -2.35. The highest BCUT2D eigenvalue weighted by Crippen LogP contribution is 2.16. The number of anilines is 1. The summed E-state index contributed by atoms with van der Waals surface area (Å²) in [5, 5.41) is 11.1. The summed E-state index contributed by atoms with van der Waals surface area (Å²) in [5.41, 5.74) is -0.308. The van der Waals surface area contributed by atoms with Crippen LogP contribution in [0.2, 0.25) is 0 Å². The van der Waals surface area contributed by atoms with Crippen LogP contribution in [-0.2, 0) is 0 Å². The van der Waals surface area contributed by atoms with Crippen LogP contribution in [0.3, 0.4) is 0 Å². The number of halogens is 1. The molecule has 0 bridgehead atoms. The third-order valence-corrected chi connectivity index (χ3v) is 2.41. The molecule has 0 heterocycles. The first-order valence-corrected chi connectivity index (χ1v) is 5.51. The van der Waals surface area contributed by atoms with E-state index in [0.717, 1.165) is 18.2 Å². The molecule has 2 N–H and O–H groups in total. The Morgan fingerprint density at radius 2 is 2.21 bits per heavy atom. The lowest BCUT2D eigenvalue weighted by Gasteiger charge is -2.19. The van der Waals surface area contributed by atoms with E-state index in [-0.39, 0.29) is 17.8 Å². The summed E-state index contributed by atoms with van der Waals surface area (Å²) in [6.45, 7) is 2.17. The van der Waals surface area contributed by atoms with Gasteiger partial charge < -0.3 is 15.3 Å². The first kappa shape index (κ1) is 14.5. The second-order valence-electron chi connectivity index (χ2n) is 3.65. The van der Waals surface area contributed by atoms with Gasteiger partial charge in [0.1, 0.15) is 5.82 Å². The summed E-state index contributed by atoms with van der Waals surface area (Å²) in [4.78, 5) is 23.8. The summed E-state index contributed by atoms with van der Waals surface area (Å²) in [6.07, 6.45) is 5.11. The van der Waals surface area contributed by atoms with Crippen LogP contribution in [0.4, 0.5) is 14.9 Å². The van der Waals surface area contributed by atoms with E-state index >= 15 is 0 Å². The summed E-state index contributed by atoms with van der Waals surface area (Å²) < 4.78 is 13.5. The predicted molar refractivity (Wildman–Crippen MR) is 68.5 cm³/mol. The molecule has 0 saturated heterocycles. The number of nitrogens with zero attached hydrogens (tertiary/aromatic N) is 1. The van der Waals surface area contributed by atoms with Crippen molar-refractivity contribution in [3.8, 4) is 12.3 Å². The number of hydrogen-bond donors (Lipinski definition) is 2. The maximum absolute atomic E-state index is 13.5. The molecule has 1 aromatic carbocycles. The zero-order valence-electron chi connectivity index (χ0n) is 10.3. The van der Waals surface area contributed by atoms with E-state index in [4.69, 9.17) is 11.5 Å². The fourth-order valence-electron chi connectivity index (χ4n) is 1.39. The van der Waals surface area contributed by atoms with Gasteiger partial charge in [-0.25, -0.2) is 14.0 Å². The fraction of sp³-hybridized carbons (Fsp3) is 0.231. The molecular weight excluding hydrogens is 251 g/mol. The van der Waals surface area contributed by atoms with E-state index in [1.54, 1.807) is 6.92 Å². The highest BCUT2D eigenvalue weighted by molar-refractivity contribution is 5.93. The molecule has 0 unspecified atom stereocenters. The Morgan fingerprint density at radius 3 is 2.74 bits per heavy atom. The Labute approximate surface area is 110 Å². The lowest BCUT2D eigenvalue weighted by atomic mass is 10.2. The van der Waals surface area contributed by atoms with E-state index in [0.29, 0.717) is 6.54 Å². The van der Waals surface area contributed by atoms with Gasteiger partial charge in [-0.3, -0.25) is 0 Å². The number of carbonyl (C=O) groups is 2. The third kappa shape index (κ3) is 3.71. The number of aromatic carboxylic acids is 1. The van der Waals surface area contributed by atoms with Gasteiger partial charge in [0.15, 0.2) is 0 Å². The van der Waals surface area contributed by atoms with Crippen molar-refractivity contribution in [1.82, 2.24) is 4.90 Å². The summed E-state index contributed by atoms with van der Waals surface area (Å²) in [6, 6.07) is 2.57. The van der Waals surface area contributed by atoms with Crippen LogP contribution < -0.4 is 5.32 Å². The van der Waals surface area contributed by atoms with Crippen LogP contribution in [0, 0.1) is 18.2 Å². The minimum Gasteiger partial charge on any atom is -0.478 e. The zero-order valence-corrected chi connectivity index (χ0v) is 10.3. The van der Waals surface area contributed by atoms with Crippen molar-refractivity contribution in [2.45, 2.75) is 6.92 Å². The first-order valence-electron chi connectivity index (χ1n) is 5.51. The van der Waals surface area contributed by atoms with Gasteiger partial charge in [-0.05, 0) is 25.1 Å². The van der Waals surface area contributed by atoms with Gasteiger partial charge >= 0.3 is 12.0 Å². The number of urea groups is 1. The molecule has 0 fully saturated rings. The smallest absolute Gasteiger partial charge is 0.335 e. The van der Waals surface area contributed by atoms with Gasteiger partial charge in [-0.2, -0.15) is 0 Å². The molecule has 0 saturated carbocycles. The largest absolute Gasteiger partial charge is 0.478 e. The molecule has 0 atom stereocenters. The second kappa shape index (κ2) is 6.40. The molecule has 100 valence electrons. The second-order valence-corrected chi connectivity index (χ2v) is 3.65. The van der Waals surface area contributed by atoms with E-state index in [1.165, 1.54) is 4.90 Å². The average Bonchev–Trinajstić information content (AvgIpc) is 2.38. The van der Waals surface area contributed by atoms with E-state index in [2.05, 4.69) is 11.2 Å². The minimum absolute atomic E-state index is 0.0859. The molecular formula is C13H13FN2O3. The van der Waals surface area contributed by atoms with Crippen LogP contribution in [-0.4, -0.2) is 35.1 Å². The van der Waals surface area contributed by atoms with E-state index < -0.39 is 17.8 Å². The molecule has 0 aliphatic heterocycles. The maximum Gasteiger partial charge on any atom is 0.335 e. The molecule has 19 heavy (non-hydrogen) atoms. The van der Waals surface area contributed by atoms with Gasteiger partial charge in [0.2, 0.25) is 0 Å². The van der Waals surface area contributed by atoms with Gasteiger partial charge in [0, 0.05) is 6.54 Å². The molecule has 0 radical (unpaired) electrons. The number of benzene rings is 1. The lowest BCUT2D eigenvalue weighted by molar-refractivity contribution is 0.0697. The quantitative estimate of drug-likeness (QED) is 0.817. The van der Waals surface area contributed by atoms with Crippen LogP contribution >= 0.6 is 0 Å². The van der Waals surface area contributed by atoms with Gasteiger partial charge in [0.25, 0.3) is 0 Å². The Morgan fingerprint density at radius 1 is 1.53 bits per heavy atom. The molecule has 0 aliphatic carbocycles. The van der Waals surface area contributed by atoms with Crippen LogP contribution in [0.1, 0.15) is 17.3 Å². The third-order valence-electron chi connectivity index (χ3n) is 2.41. The first-order chi connectivity index (χ1) is 8.99. The summed E-state index contributed by atoms with van der Waals surface area (Å²) in [5.74, 6) is 0.392. The number of hydrogen-bond acceptors (Lipinski definition) is 2. The Kier molecular flexibility index (Phi) is 4.89. The van der Waals surface area contributed by atoms with Crippen molar-refractivity contribution >= 4 is 17.7 Å². The number of amides is 2. The van der Waals surface area contributed by atoms with Crippen molar-refractivity contribution in [3.63, 3.8) is 0 Å². The molecule has 1 rings (SSSR count). The fourth-order valence-corrected chi connectivity index (χ4v) is 1.39. The van der Waals surface area contributed by atoms with Crippen molar-refractivity contribution in [2.24, 2.45) is 0 Å². The van der Waals surface area contributed by atoms with Crippen LogP contribution in [0.15, 0.2) is 18.2 Å². The van der Waals surface area contributed by atoms with Crippen molar-refractivity contribution in [3.05, 3.63) is 29.6 Å². The number of rotatable bonds is 4. The highest BCUT2D eigenvalue weighted by atomic mass is 19.1. The molecule has 5 nitrogen and oxygen atoms in total. The van der Waals surface area contributed by atoms with E-state index in [9.17, 15) is 14.0 Å². The molecule has 2 amide bonds. The van der Waals surface area contributed by atoms with Gasteiger partial charge in [-0.1, -0.05) is 5.92 Å². The minimum atomic E-state index is -1.20. The normalized spacial score (nSPS) is 9.53. The van der Waals surface area contributed by atoms with Gasteiger partial charge in [-0.15, -0.1) is 6.42 Å². The SMILES string of the molecule is C#CCN(CC)C(=O)Nc1cc(C(=O)O)ccc1F. The zero-order chi connectivity index (χ0) is 14.4. The van der Waals surface area contributed by atoms with Crippen molar-refractivity contribution in [1.29, 1.82) is 0 Å². The number of carboxylic acids is 1. The molecule has 0 spiro atoms. The molecule has 0 aliphatic rings. The highest BCUT2D eigenvalue weighted by Gasteiger charge is 2.14. The Balaban J connectivity index is 2.92. The predicted octanol–water partition coefficient (Wildman–Crippen LogP) is 2.01. The maximum atomic E-state index is 13.5. The summed E-state index contributed by atoms with van der Waals surface area (Å²) in [7, 11) is 0. The van der Waals surface area contributed by atoms with Crippen molar-refractivity contribution < 1.29 is 19.1 Å². The average molecular weight is 264 g/mol.